The molecule has 24 heavy (non-hydrogen) atoms. The Balaban J connectivity index is 1.81. The second-order valence-electron chi connectivity index (χ2n) is 5.73. The number of carbonyl (C=O) groups is 2. The summed E-state index contributed by atoms with van der Waals surface area (Å²) < 4.78 is 10.9. The molecule has 2 N–H and O–H groups in total. The molecule has 0 spiro atoms. The van der Waals surface area contributed by atoms with E-state index in [4.69, 9.17) is 14.3 Å². The van der Waals surface area contributed by atoms with Crippen molar-refractivity contribution in [3.63, 3.8) is 0 Å². The number of aliphatic carboxylic acids is 1. The summed E-state index contributed by atoms with van der Waals surface area (Å²) >= 11 is 0. The van der Waals surface area contributed by atoms with E-state index in [9.17, 15) is 14.4 Å². The van der Waals surface area contributed by atoms with Gasteiger partial charge in [-0.15, -0.1) is 0 Å². The molecule has 1 heterocycles. The molecule has 1 aromatic heterocycles. The highest BCUT2D eigenvalue weighted by molar-refractivity contribution is 5.85. The largest absolute Gasteiger partial charge is 0.481 e. The zero-order valence-electron chi connectivity index (χ0n) is 13.1. The highest BCUT2D eigenvalue weighted by atomic mass is 16.5. The van der Waals surface area contributed by atoms with E-state index in [1.54, 1.807) is 12.1 Å². The van der Waals surface area contributed by atoms with Gasteiger partial charge in [-0.3, -0.25) is 9.59 Å². The van der Waals surface area contributed by atoms with Gasteiger partial charge in [0, 0.05) is 17.0 Å². The van der Waals surface area contributed by atoms with Crippen LogP contribution in [0.5, 0.6) is 5.75 Å². The third kappa shape index (κ3) is 3.10. The van der Waals surface area contributed by atoms with Crippen molar-refractivity contribution in [2.75, 3.05) is 6.54 Å². The van der Waals surface area contributed by atoms with Crippen LogP contribution in [0.25, 0.3) is 11.0 Å². The Kier molecular flexibility index (Phi) is 4.24. The number of carboxylic acids is 1. The van der Waals surface area contributed by atoms with Gasteiger partial charge in [0.1, 0.15) is 17.9 Å². The first-order valence-corrected chi connectivity index (χ1v) is 7.70. The van der Waals surface area contributed by atoms with Gasteiger partial charge in [0.15, 0.2) is 6.10 Å². The number of nitrogens with one attached hydrogen (secondary N) is 1. The summed E-state index contributed by atoms with van der Waals surface area (Å²) in [6.07, 6.45) is 1.67. The van der Waals surface area contributed by atoms with E-state index < -0.39 is 24.5 Å². The molecule has 1 aliphatic rings. The molecule has 1 atom stereocenters. The zero-order chi connectivity index (χ0) is 17.3. The van der Waals surface area contributed by atoms with Crippen LogP contribution in [0.15, 0.2) is 27.4 Å². The average Bonchev–Trinajstić information content (AvgIpc) is 3.02. The fourth-order valence-electron chi connectivity index (χ4n) is 2.90. The van der Waals surface area contributed by atoms with Crippen LogP contribution in [-0.2, 0) is 22.4 Å². The number of ether oxygens (including phenoxy) is 1. The maximum Gasteiger partial charge on any atom is 0.339 e. The summed E-state index contributed by atoms with van der Waals surface area (Å²) in [5, 5.41) is 11.7. The topological polar surface area (TPSA) is 106 Å². The Hall–Kier alpha value is -2.83. The van der Waals surface area contributed by atoms with Crippen LogP contribution in [0.2, 0.25) is 0 Å². The van der Waals surface area contributed by atoms with Crippen molar-refractivity contribution < 1.29 is 23.8 Å². The van der Waals surface area contributed by atoms with Crippen LogP contribution in [-0.4, -0.2) is 29.6 Å². The third-order valence-electron chi connectivity index (χ3n) is 4.04. The first-order valence-electron chi connectivity index (χ1n) is 7.70. The molecule has 0 aliphatic heterocycles. The SMILES string of the molecule is C[C@H](Oc1ccc2c3c(c(=O)oc2c1)CCC3)C(=O)NCC(=O)O. The molecule has 7 nitrogen and oxygen atoms in total. The number of carbonyl (C=O) groups excluding carboxylic acids is 1. The molecule has 0 unspecified atom stereocenters. The third-order valence-corrected chi connectivity index (χ3v) is 4.04. The minimum Gasteiger partial charge on any atom is -0.481 e. The zero-order valence-corrected chi connectivity index (χ0v) is 13.1. The molecule has 126 valence electrons. The van der Waals surface area contributed by atoms with E-state index in [1.165, 1.54) is 6.92 Å². The summed E-state index contributed by atoms with van der Waals surface area (Å²) in [4.78, 5) is 34.2. The number of hydrogen-bond acceptors (Lipinski definition) is 5. The predicted molar refractivity (Wildman–Crippen MR) is 85.2 cm³/mol. The van der Waals surface area contributed by atoms with Crippen molar-refractivity contribution in [3.8, 4) is 5.75 Å². The molecule has 3 rings (SSSR count). The minimum atomic E-state index is -1.13. The van der Waals surface area contributed by atoms with Crippen molar-refractivity contribution in [1.82, 2.24) is 5.32 Å². The monoisotopic (exact) mass is 331 g/mol. The molecular formula is C17H17NO6. The number of amides is 1. The quantitative estimate of drug-likeness (QED) is 0.799. The van der Waals surface area contributed by atoms with Gasteiger partial charge in [0.25, 0.3) is 5.91 Å². The van der Waals surface area contributed by atoms with Gasteiger partial charge in [0.05, 0.1) is 0 Å². The fraction of sp³-hybridized carbons (Fsp3) is 0.353. The number of carboxylic acid groups (broad SMARTS) is 1. The Morgan fingerprint density at radius 1 is 1.33 bits per heavy atom. The molecule has 0 saturated heterocycles. The highest BCUT2D eigenvalue weighted by Gasteiger charge is 2.20. The standard InChI is InChI=1S/C17H17NO6/c1-9(16(21)18-8-15(19)20)23-10-5-6-12-11-3-2-4-13(11)17(22)24-14(12)7-10/h5-7,9H,2-4,8H2,1H3,(H,18,21)(H,19,20)/t9-/m0/s1. The number of fused-ring (bicyclic) bond motifs is 3. The highest BCUT2D eigenvalue weighted by Crippen LogP contribution is 2.29. The van der Waals surface area contributed by atoms with Crippen molar-refractivity contribution in [3.05, 3.63) is 39.7 Å². The molecule has 1 aromatic carbocycles. The van der Waals surface area contributed by atoms with Crippen molar-refractivity contribution in [2.24, 2.45) is 0 Å². The Morgan fingerprint density at radius 3 is 2.83 bits per heavy atom. The van der Waals surface area contributed by atoms with Crippen LogP contribution in [0, 0.1) is 0 Å². The van der Waals surface area contributed by atoms with Gasteiger partial charge in [-0.05, 0) is 43.9 Å². The van der Waals surface area contributed by atoms with Gasteiger partial charge in [-0.1, -0.05) is 0 Å². The van der Waals surface area contributed by atoms with Gasteiger partial charge in [0.2, 0.25) is 0 Å². The van der Waals surface area contributed by atoms with Gasteiger partial charge < -0.3 is 19.6 Å². The lowest BCUT2D eigenvalue weighted by Crippen LogP contribution is -2.39. The lowest BCUT2D eigenvalue weighted by molar-refractivity contribution is -0.139. The van der Waals surface area contributed by atoms with Gasteiger partial charge in [-0.25, -0.2) is 4.79 Å². The number of rotatable bonds is 5. The molecule has 0 bridgehead atoms. The maximum atomic E-state index is 12.0. The molecule has 0 saturated carbocycles. The molecule has 7 heteroatoms. The Bertz CT molecular complexity index is 869. The van der Waals surface area contributed by atoms with Gasteiger partial charge >= 0.3 is 11.6 Å². The smallest absolute Gasteiger partial charge is 0.339 e. The Morgan fingerprint density at radius 2 is 2.08 bits per heavy atom. The van der Waals surface area contributed by atoms with Crippen molar-refractivity contribution in [1.29, 1.82) is 0 Å². The first kappa shape index (κ1) is 16.0. The first-order chi connectivity index (χ1) is 11.5. The van der Waals surface area contributed by atoms with Crippen molar-refractivity contribution in [2.45, 2.75) is 32.3 Å². The Labute approximate surface area is 137 Å². The number of hydrogen-bond donors (Lipinski definition) is 2. The molecule has 0 fully saturated rings. The number of aryl methyl sites for hydroxylation is 1. The van der Waals surface area contributed by atoms with Crippen LogP contribution >= 0.6 is 0 Å². The lowest BCUT2D eigenvalue weighted by Gasteiger charge is -2.14. The van der Waals surface area contributed by atoms with Gasteiger partial charge in [-0.2, -0.15) is 0 Å². The van der Waals surface area contributed by atoms with Crippen LogP contribution in [0.1, 0.15) is 24.5 Å². The van der Waals surface area contributed by atoms with E-state index >= 15 is 0 Å². The minimum absolute atomic E-state index is 0.320. The van der Waals surface area contributed by atoms with Crippen LogP contribution in [0.4, 0.5) is 0 Å². The second-order valence-corrected chi connectivity index (χ2v) is 5.73. The van der Waals surface area contributed by atoms with E-state index in [2.05, 4.69) is 5.32 Å². The molecule has 2 aromatic rings. The van der Waals surface area contributed by atoms with Crippen molar-refractivity contribution >= 4 is 22.8 Å². The summed E-state index contributed by atoms with van der Waals surface area (Å²) in [6, 6.07) is 5.11. The summed E-state index contributed by atoms with van der Waals surface area (Å²) in [5.41, 5.74) is 1.88. The molecule has 1 aliphatic carbocycles. The second kappa shape index (κ2) is 6.35. The van der Waals surface area contributed by atoms with Crippen LogP contribution in [0.3, 0.4) is 0 Å². The van der Waals surface area contributed by atoms with E-state index in [0.29, 0.717) is 11.3 Å². The lowest BCUT2D eigenvalue weighted by atomic mass is 10.1. The van der Waals surface area contributed by atoms with Crippen LogP contribution < -0.4 is 15.7 Å². The normalized spacial score (nSPS) is 14.2. The molecule has 0 radical (unpaired) electrons. The number of benzene rings is 1. The predicted octanol–water partition coefficient (Wildman–Crippen LogP) is 1.25. The fourth-order valence-corrected chi connectivity index (χ4v) is 2.90. The molecule has 1 amide bonds. The molecular weight excluding hydrogens is 314 g/mol. The summed E-state index contributed by atoms with van der Waals surface area (Å²) in [6.45, 7) is 1.05. The van der Waals surface area contributed by atoms with E-state index in [-0.39, 0.29) is 5.63 Å². The maximum absolute atomic E-state index is 12.0. The van der Waals surface area contributed by atoms with E-state index in [0.717, 1.165) is 35.8 Å². The summed E-state index contributed by atoms with van der Waals surface area (Å²) in [5.74, 6) is -1.29. The van der Waals surface area contributed by atoms with E-state index in [1.807, 2.05) is 6.07 Å². The average molecular weight is 331 g/mol. The summed E-state index contributed by atoms with van der Waals surface area (Å²) in [7, 11) is 0.